The number of Topliss-reactive ketones (excluding diaryl/α,β-unsaturated/α-hetero) is 1. The monoisotopic (exact) mass is 289 g/mol. The van der Waals surface area contributed by atoms with Gasteiger partial charge >= 0.3 is 12.3 Å². The summed E-state index contributed by atoms with van der Waals surface area (Å²) >= 11 is 0. The number of nitrogens with one attached hydrogen (secondary N) is 1. The van der Waals surface area contributed by atoms with E-state index in [1.807, 2.05) is 44.2 Å². The molecule has 1 aromatic rings. The fraction of sp³-hybridized carbons (Fsp3) is 0.400. The summed E-state index contributed by atoms with van der Waals surface area (Å²) in [7, 11) is 0. The lowest BCUT2D eigenvalue weighted by Gasteiger charge is -2.20. The Kier molecular flexibility index (Phi) is 6.84. The number of carbonyl (C=O) groups is 2. The van der Waals surface area contributed by atoms with Crippen molar-refractivity contribution >= 4 is 18.1 Å². The molecule has 0 heterocycles. The highest BCUT2D eigenvalue weighted by Gasteiger charge is 2.27. The maximum absolute atomic E-state index is 11.8. The third kappa shape index (κ3) is 5.58. The Bertz CT molecular complexity index is 524. The van der Waals surface area contributed by atoms with Crippen molar-refractivity contribution in [2.24, 2.45) is 5.92 Å². The number of amides is 1. The van der Waals surface area contributed by atoms with E-state index in [2.05, 4.69) is 10.1 Å². The Morgan fingerprint density at radius 2 is 2.05 bits per heavy atom. The molecule has 0 spiro atoms. The number of carbonyl (C=O) groups excluding carboxylic acids is 2. The summed E-state index contributed by atoms with van der Waals surface area (Å²) in [6, 6.07) is 8.47. The van der Waals surface area contributed by atoms with Gasteiger partial charge in [-0.25, -0.2) is 4.79 Å². The summed E-state index contributed by atoms with van der Waals surface area (Å²) in [4.78, 5) is 26.2. The lowest BCUT2D eigenvalue weighted by molar-refractivity contribution is -0.118. The van der Waals surface area contributed by atoms with Gasteiger partial charge in [0.15, 0.2) is 0 Å². The topological polar surface area (TPSA) is 91.8 Å². The van der Waals surface area contributed by atoms with Gasteiger partial charge in [-0.1, -0.05) is 50.6 Å². The molecule has 112 valence electrons. The molecule has 2 atom stereocenters. The second-order valence-electron chi connectivity index (χ2n) is 4.72. The van der Waals surface area contributed by atoms with Crippen molar-refractivity contribution in [3.63, 3.8) is 0 Å². The molecule has 1 aromatic carbocycles. The van der Waals surface area contributed by atoms with Crippen molar-refractivity contribution < 1.29 is 19.1 Å². The first-order chi connectivity index (χ1) is 10.1. The van der Waals surface area contributed by atoms with E-state index >= 15 is 0 Å². The van der Waals surface area contributed by atoms with Crippen LogP contribution in [-0.4, -0.2) is 28.9 Å². The SMILES string of the molecule is CC[C@H](C)[C@@H](NC(=O)OCc1ccccc1)C(=O)C=[N+]=[N-]. The number of rotatable bonds is 7. The molecule has 0 aliphatic carbocycles. The number of hydrogen-bond donors (Lipinski definition) is 1. The Hall–Kier alpha value is -2.46. The lowest BCUT2D eigenvalue weighted by Crippen LogP contribution is -2.45. The average Bonchev–Trinajstić information content (AvgIpc) is 2.51. The fourth-order valence-corrected chi connectivity index (χ4v) is 1.76. The number of ketones is 1. The molecular weight excluding hydrogens is 270 g/mol. The van der Waals surface area contributed by atoms with E-state index in [1.165, 1.54) is 0 Å². The first-order valence-electron chi connectivity index (χ1n) is 6.77. The zero-order valence-corrected chi connectivity index (χ0v) is 12.2. The quantitative estimate of drug-likeness (QED) is 0.474. The van der Waals surface area contributed by atoms with Gasteiger partial charge in [-0.05, 0) is 11.5 Å². The van der Waals surface area contributed by atoms with E-state index < -0.39 is 17.9 Å². The van der Waals surface area contributed by atoms with Crippen LogP contribution in [0.5, 0.6) is 0 Å². The van der Waals surface area contributed by atoms with Crippen molar-refractivity contribution in [2.45, 2.75) is 32.9 Å². The maximum Gasteiger partial charge on any atom is 0.408 e. The number of nitrogens with zero attached hydrogens (tertiary/aromatic N) is 2. The van der Waals surface area contributed by atoms with Crippen LogP contribution in [0.2, 0.25) is 0 Å². The van der Waals surface area contributed by atoms with Crippen molar-refractivity contribution in [3.8, 4) is 0 Å². The molecule has 0 radical (unpaired) electrons. The minimum atomic E-state index is -0.769. The zero-order chi connectivity index (χ0) is 15.7. The van der Waals surface area contributed by atoms with Crippen LogP contribution in [0.1, 0.15) is 25.8 Å². The van der Waals surface area contributed by atoms with Crippen LogP contribution in [0.4, 0.5) is 4.79 Å². The molecule has 0 saturated heterocycles. The highest BCUT2D eigenvalue weighted by Crippen LogP contribution is 2.09. The second-order valence-corrected chi connectivity index (χ2v) is 4.72. The maximum atomic E-state index is 11.8. The largest absolute Gasteiger partial charge is 0.445 e. The van der Waals surface area contributed by atoms with Gasteiger partial charge in [0.25, 0.3) is 5.78 Å². The van der Waals surface area contributed by atoms with E-state index in [0.717, 1.165) is 11.8 Å². The van der Waals surface area contributed by atoms with Crippen molar-refractivity contribution in [3.05, 3.63) is 41.4 Å². The van der Waals surface area contributed by atoms with Gasteiger partial charge in [0.1, 0.15) is 12.6 Å². The molecule has 6 heteroatoms. The summed E-state index contributed by atoms with van der Waals surface area (Å²) in [6.07, 6.45) is 0.798. The molecule has 1 rings (SSSR count). The van der Waals surface area contributed by atoms with E-state index in [9.17, 15) is 9.59 Å². The van der Waals surface area contributed by atoms with E-state index in [1.54, 1.807) is 0 Å². The van der Waals surface area contributed by atoms with Crippen LogP contribution < -0.4 is 5.32 Å². The molecule has 0 aliphatic rings. The van der Waals surface area contributed by atoms with Crippen LogP contribution >= 0.6 is 0 Å². The van der Waals surface area contributed by atoms with Gasteiger partial charge in [-0.2, -0.15) is 4.79 Å². The summed E-state index contributed by atoms with van der Waals surface area (Å²) < 4.78 is 5.07. The Morgan fingerprint density at radius 1 is 1.38 bits per heavy atom. The van der Waals surface area contributed by atoms with Crippen LogP contribution in [-0.2, 0) is 16.1 Å². The first kappa shape index (κ1) is 16.6. The summed E-state index contributed by atoms with van der Waals surface area (Å²) in [5.41, 5.74) is 9.29. The first-order valence-corrected chi connectivity index (χ1v) is 6.77. The molecule has 0 aliphatic heterocycles. The van der Waals surface area contributed by atoms with Crippen LogP contribution in [0, 0.1) is 5.92 Å². The van der Waals surface area contributed by atoms with Gasteiger partial charge in [0.2, 0.25) is 0 Å². The van der Waals surface area contributed by atoms with Gasteiger partial charge in [0.05, 0.1) is 0 Å². The third-order valence-corrected chi connectivity index (χ3v) is 3.19. The predicted molar refractivity (Wildman–Crippen MR) is 77.7 cm³/mol. The summed E-state index contributed by atoms with van der Waals surface area (Å²) in [5.74, 6) is -0.566. The number of hydrogen-bond acceptors (Lipinski definition) is 3. The highest BCUT2D eigenvalue weighted by molar-refractivity contribution is 6.28. The molecule has 0 aromatic heterocycles. The average molecular weight is 289 g/mol. The van der Waals surface area contributed by atoms with Gasteiger partial charge in [0, 0.05) is 0 Å². The molecule has 6 nitrogen and oxygen atoms in total. The van der Waals surface area contributed by atoms with Crippen molar-refractivity contribution in [1.82, 2.24) is 5.32 Å². The summed E-state index contributed by atoms with van der Waals surface area (Å²) in [5, 5.41) is 2.51. The van der Waals surface area contributed by atoms with Crippen molar-refractivity contribution in [2.75, 3.05) is 0 Å². The van der Waals surface area contributed by atoms with Crippen LogP contribution in [0.15, 0.2) is 30.3 Å². The Labute approximate surface area is 123 Å². The fourth-order valence-electron chi connectivity index (χ4n) is 1.76. The number of ether oxygens (including phenoxy) is 1. The molecule has 0 unspecified atom stereocenters. The van der Waals surface area contributed by atoms with Gasteiger partial charge in [-0.15, -0.1) is 0 Å². The van der Waals surface area contributed by atoms with Crippen molar-refractivity contribution in [1.29, 1.82) is 0 Å². The predicted octanol–water partition coefficient (Wildman–Crippen LogP) is 2.20. The molecular formula is C15H19N3O3. The van der Waals surface area contributed by atoms with Crippen LogP contribution in [0.25, 0.3) is 5.53 Å². The minimum Gasteiger partial charge on any atom is -0.445 e. The highest BCUT2D eigenvalue weighted by atomic mass is 16.5. The Balaban J connectivity index is 2.59. The van der Waals surface area contributed by atoms with Gasteiger partial charge in [-0.3, -0.25) is 4.79 Å². The zero-order valence-electron chi connectivity index (χ0n) is 12.2. The number of alkyl carbamates (subject to hydrolysis) is 1. The smallest absolute Gasteiger partial charge is 0.408 e. The normalized spacial score (nSPS) is 12.7. The molecule has 1 N–H and O–H groups in total. The molecule has 0 saturated carbocycles. The molecule has 0 fully saturated rings. The van der Waals surface area contributed by atoms with Gasteiger partial charge < -0.3 is 15.6 Å². The van der Waals surface area contributed by atoms with E-state index in [-0.39, 0.29) is 12.5 Å². The number of benzene rings is 1. The minimum absolute atomic E-state index is 0.0974. The van der Waals surface area contributed by atoms with Crippen LogP contribution in [0.3, 0.4) is 0 Å². The lowest BCUT2D eigenvalue weighted by atomic mass is 9.96. The molecule has 1 amide bonds. The second kappa shape index (κ2) is 8.66. The standard InChI is InChI=1S/C15H19N3O3/c1-3-11(2)14(13(19)9-17-16)18-15(20)21-10-12-7-5-4-6-8-12/h4-9,11,14H,3,10H2,1-2H3,(H,18,20)/t11-,14+/m0/s1. The third-order valence-electron chi connectivity index (χ3n) is 3.19. The molecule has 21 heavy (non-hydrogen) atoms. The van der Waals surface area contributed by atoms with E-state index in [0.29, 0.717) is 6.42 Å². The Morgan fingerprint density at radius 3 is 2.62 bits per heavy atom. The molecule has 0 bridgehead atoms. The summed E-state index contributed by atoms with van der Waals surface area (Å²) in [6.45, 7) is 3.85. The van der Waals surface area contributed by atoms with E-state index in [4.69, 9.17) is 10.3 Å².